The van der Waals surface area contributed by atoms with Gasteiger partial charge in [0.05, 0.1) is 18.3 Å². The number of hydrogen-bond acceptors (Lipinski definition) is 4. The van der Waals surface area contributed by atoms with Crippen LogP contribution in [-0.4, -0.2) is 12.1 Å². The van der Waals surface area contributed by atoms with Crippen molar-refractivity contribution in [3.05, 3.63) is 53.7 Å². The van der Waals surface area contributed by atoms with Crippen molar-refractivity contribution in [3.8, 4) is 5.75 Å². The Labute approximate surface area is 129 Å². The standard InChI is InChI=1S/C18H19N3O/c1-11-4-9-15(19)17-16(10-12(2)20-18(11)17)21-13-5-7-14(22-3)8-6-13/h4-10H,19H2,1-3H3,(H,20,21). The first-order chi connectivity index (χ1) is 10.6. The highest BCUT2D eigenvalue weighted by molar-refractivity contribution is 6.03. The van der Waals surface area contributed by atoms with Gasteiger partial charge in [0.2, 0.25) is 0 Å². The minimum atomic E-state index is 0.726. The Morgan fingerprint density at radius 1 is 1.05 bits per heavy atom. The lowest BCUT2D eigenvalue weighted by Gasteiger charge is -2.14. The number of nitrogens with two attached hydrogens (primary N) is 1. The summed E-state index contributed by atoms with van der Waals surface area (Å²) in [4.78, 5) is 4.63. The quantitative estimate of drug-likeness (QED) is 0.711. The van der Waals surface area contributed by atoms with E-state index in [9.17, 15) is 0 Å². The van der Waals surface area contributed by atoms with Crippen LogP contribution in [0.15, 0.2) is 42.5 Å². The van der Waals surface area contributed by atoms with Crippen LogP contribution in [0.5, 0.6) is 5.75 Å². The maximum absolute atomic E-state index is 6.18. The lowest BCUT2D eigenvalue weighted by molar-refractivity contribution is 0.415. The second-order valence-corrected chi connectivity index (χ2v) is 5.36. The minimum Gasteiger partial charge on any atom is -0.497 e. The van der Waals surface area contributed by atoms with Gasteiger partial charge in [-0.2, -0.15) is 0 Å². The number of hydrogen-bond donors (Lipinski definition) is 2. The van der Waals surface area contributed by atoms with E-state index < -0.39 is 0 Å². The number of nitrogen functional groups attached to an aromatic ring is 1. The van der Waals surface area contributed by atoms with Crippen LogP contribution >= 0.6 is 0 Å². The van der Waals surface area contributed by atoms with Gasteiger partial charge >= 0.3 is 0 Å². The van der Waals surface area contributed by atoms with Gasteiger partial charge in [0, 0.05) is 22.5 Å². The van der Waals surface area contributed by atoms with E-state index in [1.54, 1.807) is 7.11 Å². The summed E-state index contributed by atoms with van der Waals surface area (Å²) in [5.74, 6) is 0.830. The molecule has 0 amide bonds. The smallest absolute Gasteiger partial charge is 0.119 e. The van der Waals surface area contributed by atoms with Crippen molar-refractivity contribution in [2.45, 2.75) is 13.8 Å². The van der Waals surface area contributed by atoms with Gasteiger partial charge in [-0.05, 0) is 55.8 Å². The Hall–Kier alpha value is -2.75. The highest BCUT2D eigenvalue weighted by Crippen LogP contribution is 2.32. The fraction of sp³-hybridized carbons (Fsp3) is 0.167. The normalized spacial score (nSPS) is 10.7. The van der Waals surface area contributed by atoms with E-state index in [1.165, 1.54) is 0 Å². The van der Waals surface area contributed by atoms with Crippen LogP contribution in [0.25, 0.3) is 10.9 Å². The van der Waals surface area contributed by atoms with E-state index in [0.717, 1.165) is 45.0 Å². The van der Waals surface area contributed by atoms with Crippen LogP contribution in [0, 0.1) is 13.8 Å². The van der Waals surface area contributed by atoms with E-state index in [0.29, 0.717) is 0 Å². The number of fused-ring (bicyclic) bond motifs is 1. The van der Waals surface area contributed by atoms with Gasteiger partial charge in [-0.1, -0.05) is 6.07 Å². The number of benzene rings is 2. The zero-order valence-electron chi connectivity index (χ0n) is 13.0. The molecule has 0 radical (unpaired) electrons. The first kappa shape index (κ1) is 14.2. The number of methoxy groups -OCH3 is 1. The van der Waals surface area contributed by atoms with Gasteiger partial charge in [-0.25, -0.2) is 0 Å². The first-order valence-corrected chi connectivity index (χ1v) is 7.16. The SMILES string of the molecule is COc1ccc(Nc2cc(C)nc3c(C)ccc(N)c23)cc1. The van der Waals surface area contributed by atoms with E-state index in [-0.39, 0.29) is 0 Å². The number of aromatic nitrogens is 1. The molecule has 3 rings (SSSR count). The molecule has 4 heteroatoms. The maximum atomic E-state index is 6.18. The Kier molecular flexibility index (Phi) is 3.59. The molecule has 0 fully saturated rings. The third-order valence-electron chi connectivity index (χ3n) is 3.69. The fourth-order valence-corrected chi connectivity index (χ4v) is 2.56. The highest BCUT2D eigenvalue weighted by Gasteiger charge is 2.10. The second kappa shape index (κ2) is 5.56. The molecule has 0 aliphatic rings. The second-order valence-electron chi connectivity index (χ2n) is 5.36. The van der Waals surface area contributed by atoms with E-state index in [2.05, 4.69) is 10.3 Å². The zero-order valence-corrected chi connectivity index (χ0v) is 13.0. The summed E-state index contributed by atoms with van der Waals surface area (Å²) in [5.41, 5.74) is 11.9. The topological polar surface area (TPSA) is 60.2 Å². The summed E-state index contributed by atoms with van der Waals surface area (Å²) >= 11 is 0. The monoisotopic (exact) mass is 293 g/mol. The van der Waals surface area contributed by atoms with Gasteiger partial charge in [0.15, 0.2) is 0 Å². The van der Waals surface area contributed by atoms with Gasteiger partial charge in [0.25, 0.3) is 0 Å². The minimum absolute atomic E-state index is 0.726. The van der Waals surface area contributed by atoms with Gasteiger partial charge in [-0.15, -0.1) is 0 Å². The van der Waals surface area contributed by atoms with E-state index in [1.807, 2.05) is 56.3 Å². The largest absolute Gasteiger partial charge is 0.497 e. The summed E-state index contributed by atoms with van der Waals surface area (Å²) in [6, 6.07) is 13.7. The average Bonchev–Trinajstić information content (AvgIpc) is 2.51. The molecule has 0 bridgehead atoms. The van der Waals surface area contributed by atoms with Crippen LogP contribution in [0.1, 0.15) is 11.3 Å². The predicted molar refractivity (Wildman–Crippen MR) is 91.9 cm³/mol. The van der Waals surface area contributed by atoms with Crippen molar-refractivity contribution < 1.29 is 4.74 Å². The van der Waals surface area contributed by atoms with Crippen molar-refractivity contribution in [1.29, 1.82) is 0 Å². The molecule has 2 aromatic carbocycles. The molecular formula is C18H19N3O. The molecule has 1 heterocycles. The summed E-state index contributed by atoms with van der Waals surface area (Å²) in [7, 11) is 1.66. The molecule has 3 aromatic rings. The van der Waals surface area contributed by atoms with Crippen molar-refractivity contribution in [2.24, 2.45) is 0 Å². The average molecular weight is 293 g/mol. The van der Waals surface area contributed by atoms with E-state index in [4.69, 9.17) is 10.5 Å². The molecule has 0 aliphatic carbocycles. The number of nitrogens with zero attached hydrogens (tertiary/aromatic N) is 1. The van der Waals surface area contributed by atoms with Crippen molar-refractivity contribution in [3.63, 3.8) is 0 Å². The molecule has 22 heavy (non-hydrogen) atoms. The Balaban J connectivity index is 2.11. The Morgan fingerprint density at radius 3 is 2.45 bits per heavy atom. The van der Waals surface area contributed by atoms with Gasteiger partial charge in [0.1, 0.15) is 5.75 Å². The summed E-state index contributed by atoms with van der Waals surface area (Å²) in [6.45, 7) is 4.03. The third-order valence-corrected chi connectivity index (χ3v) is 3.69. The van der Waals surface area contributed by atoms with Gasteiger partial charge in [-0.3, -0.25) is 4.98 Å². The summed E-state index contributed by atoms with van der Waals surface area (Å²) in [6.07, 6.45) is 0. The van der Waals surface area contributed by atoms with Crippen LogP contribution in [0.2, 0.25) is 0 Å². The lowest BCUT2D eigenvalue weighted by atomic mass is 10.1. The first-order valence-electron chi connectivity index (χ1n) is 7.16. The Morgan fingerprint density at radius 2 is 1.77 bits per heavy atom. The van der Waals surface area contributed by atoms with Crippen LogP contribution < -0.4 is 15.8 Å². The molecule has 3 N–H and O–H groups in total. The van der Waals surface area contributed by atoms with Crippen molar-refractivity contribution >= 4 is 28.0 Å². The lowest BCUT2D eigenvalue weighted by Crippen LogP contribution is -1.99. The number of ether oxygens (including phenoxy) is 1. The Bertz CT molecular complexity index is 826. The zero-order chi connectivity index (χ0) is 15.7. The van der Waals surface area contributed by atoms with Crippen LogP contribution in [0.3, 0.4) is 0 Å². The molecule has 1 aromatic heterocycles. The fourth-order valence-electron chi connectivity index (χ4n) is 2.56. The van der Waals surface area contributed by atoms with Crippen LogP contribution in [-0.2, 0) is 0 Å². The number of nitrogens with one attached hydrogen (secondary N) is 1. The third kappa shape index (κ3) is 2.55. The molecular weight excluding hydrogens is 274 g/mol. The molecule has 0 spiro atoms. The highest BCUT2D eigenvalue weighted by atomic mass is 16.5. The number of pyridine rings is 1. The van der Waals surface area contributed by atoms with Gasteiger partial charge < -0.3 is 15.8 Å². The predicted octanol–water partition coefficient (Wildman–Crippen LogP) is 4.19. The number of rotatable bonds is 3. The summed E-state index contributed by atoms with van der Waals surface area (Å²) in [5, 5.41) is 4.39. The molecule has 112 valence electrons. The van der Waals surface area contributed by atoms with Crippen LogP contribution in [0.4, 0.5) is 17.1 Å². The molecule has 0 unspecified atom stereocenters. The molecule has 0 saturated carbocycles. The number of aryl methyl sites for hydroxylation is 2. The van der Waals surface area contributed by atoms with Crippen molar-refractivity contribution in [1.82, 2.24) is 4.98 Å². The van der Waals surface area contributed by atoms with Crippen molar-refractivity contribution in [2.75, 3.05) is 18.2 Å². The molecule has 4 nitrogen and oxygen atoms in total. The molecule has 0 saturated heterocycles. The molecule has 0 atom stereocenters. The number of anilines is 3. The molecule has 0 aliphatic heterocycles. The van der Waals surface area contributed by atoms with E-state index >= 15 is 0 Å². The maximum Gasteiger partial charge on any atom is 0.119 e. The summed E-state index contributed by atoms with van der Waals surface area (Å²) < 4.78 is 5.19.